The summed E-state index contributed by atoms with van der Waals surface area (Å²) in [6.07, 6.45) is 3.47. The molecular formula is C22H19BrN6O. The standard InChI is InChI=1S/C22H19BrN6O/c1-12(30)26-17-7-4-13-11-14(5-6-15(13)17)29-21(16-3-2-10-25-20(16)24)27-18-8-9-19(23)28-22(18)29/h2-3,5-6,8-11,17H,4,7H2,1H3,(H2,24,25)(H,26,30). The van der Waals surface area contributed by atoms with Gasteiger partial charge in [-0.2, -0.15) is 0 Å². The summed E-state index contributed by atoms with van der Waals surface area (Å²) in [5.74, 6) is 1.10. The second-order valence-electron chi connectivity index (χ2n) is 7.36. The van der Waals surface area contributed by atoms with Crippen LogP contribution in [-0.2, 0) is 11.2 Å². The van der Waals surface area contributed by atoms with E-state index in [1.807, 2.05) is 34.9 Å². The molecule has 150 valence electrons. The number of benzene rings is 1. The van der Waals surface area contributed by atoms with Crippen molar-refractivity contribution in [2.75, 3.05) is 5.73 Å². The van der Waals surface area contributed by atoms with Crippen LogP contribution in [0.2, 0.25) is 0 Å². The minimum absolute atomic E-state index is 0.0130. The number of pyridine rings is 2. The fraction of sp³-hybridized carbons (Fsp3) is 0.182. The van der Waals surface area contributed by atoms with Gasteiger partial charge in [-0.05, 0) is 76.3 Å². The molecule has 1 aliphatic rings. The fourth-order valence-electron chi connectivity index (χ4n) is 4.10. The highest BCUT2D eigenvalue weighted by Crippen LogP contribution is 2.35. The maximum absolute atomic E-state index is 11.5. The van der Waals surface area contributed by atoms with E-state index < -0.39 is 0 Å². The van der Waals surface area contributed by atoms with Crippen molar-refractivity contribution in [3.8, 4) is 17.1 Å². The fourth-order valence-corrected chi connectivity index (χ4v) is 4.40. The van der Waals surface area contributed by atoms with Crippen LogP contribution in [0.5, 0.6) is 0 Å². The van der Waals surface area contributed by atoms with Gasteiger partial charge >= 0.3 is 0 Å². The maximum atomic E-state index is 11.5. The summed E-state index contributed by atoms with van der Waals surface area (Å²) in [5, 5.41) is 3.03. The van der Waals surface area contributed by atoms with Crippen molar-refractivity contribution in [1.29, 1.82) is 0 Å². The summed E-state index contributed by atoms with van der Waals surface area (Å²) in [6.45, 7) is 1.55. The van der Waals surface area contributed by atoms with Gasteiger partial charge in [0.25, 0.3) is 0 Å². The molecule has 1 unspecified atom stereocenters. The van der Waals surface area contributed by atoms with Crippen molar-refractivity contribution in [2.24, 2.45) is 0 Å². The van der Waals surface area contributed by atoms with E-state index in [4.69, 9.17) is 10.7 Å². The number of hydrogen-bond donors (Lipinski definition) is 2. The van der Waals surface area contributed by atoms with Gasteiger partial charge in [-0.1, -0.05) is 6.07 Å². The summed E-state index contributed by atoms with van der Waals surface area (Å²) < 4.78 is 2.74. The molecule has 7 nitrogen and oxygen atoms in total. The van der Waals surface area contributed by atoms with Crippen molar-refractivity contribution in [1.82, 2.24) is 24.8 Å². The lowest BCUT2D eigenvalue weighted by Crippen LogP contribution is -2.24. The van der Waals surface area contributed by atoms with Gasteiger partial charge in [-0.15, -0.1) is 0 Å². The number of fused-ring (bicyclic) bond motifs is 2. The SMILES string of the molecule is CC(=O)NC1CCc2cc(-n3c(-c4cccnc4N)nc4ccc(Br)nc43)ccc21. The first-order valence-electron chi connectivity index (χ1n) is 9.67. The Balaban J connectivity index is 1.71. The molecule has 8 heteroatoms. The number of amides is 1. The zero-order valence-electron chi connectivity index (χ0n) is 16.3. The highest BCUT2D eigenvalue weighted by atomic mass is 79.9. The predicted octanol–water partition coefficient (Wildman–Crippen LogP) is 3.95. The molecule has 5 rings (SSSR count). The van der Waals surface area contributed by atoms with E-state index in [-0.39, 0.29) is 11.9 Å². The second kappa shape index (κ2) is 7.21. The molecule has 0 aliphatic heterocycles. The van der Waals surface area contributed by atoms with Gasteiger partial charge in [0.15, 0.2) is 11.5 Å². The van der Waals surface area contributed by atoms with Gasteiger partial charge in [0.1, 0.15) is 15.9 Å². The van der Waals surface area contributed by atoms with Crippen molar-refractivity contribution in [3.63, 3.8) is 0 Å². The first-order chi connectivity index (χ1) is 14.5. The van der Waals surface area contributed by atoms with Gasteiger partial charge in [-0.3, -0.25) is 9.36 Å². The van der Waals surface area contributed by atoms with Gasteiger partial charge in [0.05, 0.1) is 11.6 Å². The Kier molecular flexibility index (Phi) is 4.51. The van der Waals surface area contributed by atoms with E-state index in [0.717, 1.165) is 45.4 Å². The average Bonchev–Trinajstić information content (AvgIpc) is 3.28. The van der Waals surface area contributed by atoms with Crippen LogP contribution in [0.1, 0.15) is 30.5 Å². The van der Waals surface area contributed by atoms with E-state index in [0.29, 0.717) is 11.6 Å². The minimum Gasteiger partial charge on any atom is -0.383 e. The highest BCUT2D eigenvalue weighted by molar-refractivity contribution is 9.10. The maximum Gasteiger partial charge on any atom is 0.217 e. The van der Waals surface area contributed by atoms with Gasteiger partial charge in [-0.25, -0.2) is 15.0 Å². The molecule has 0 spiro atoms. The molecule has 30 heavy (non-hydrogen) atoms. The van der Waals surface area contributed by atoms with E-state index in [9.17, 15) is 4.79 Å². The van der Waals surface area contributed by atoms with Crippen molar-refractivity contribution in [3.05, 3.63) is 64.4 Å². The largest absolute Gasteiger partial charge is 0.383 e. The third-order valence-electron chi connectivity index (χ3n) is 5.39. The number of nitrogens with one attached hydrogen (secondary N) is 1. The average molecular weight is 463 g/mol. The topological polar surface area (TPSA) is 98.7 Å². The van der Waals surface area contributed by atoms with Crippen molar-refractivity contribution < 1.29 is 4.79 Å². The Morgan fingerprint density at radius 1 is 1.23 bits per heavy atom. The van der Waals surface area contributed by atoms with Crippen LogP contribution in [0.4, 0.5) is 5.82 Å². The molecule has 0 bridgehead atoms. The number of carbonyl (C=O) groups is 1. The number of aromatic nitrogens is 4. The molecule has 1 aromatic carbocycles. The zero-order valence-corrected chi connectivity index (χ0v) is 17.8. The number of anilines is 1. The highest BCUT2D eigenvalue weighted by Gasteiger charge is 2.25. The number of hydrogen-bond acceptors (Lipinski definition) is 5. The van der Waals surface area contributed by atoms with Gasteiger partial charge < -0.3 is 11.1 Å². The summed E-state index contributed by atoms with van der Waals surface area (Å²) in [4.78, 5) is 25.2. The molecule has 0 saturated heterocycles. The van der Waals surface area contributed by atoms with Crippen LogP contribution in [0.15, 0.2) is 53.3 Å². The van der Waals surface area contributed by atoms with E-state index >= 15 is 0 Å². The lowest BCUT2D eigenvalue weighted by molar-refractivity contribution is -0.119. The number of nitrogens with zero attached hydrogens (tertiary/aromatic N) is 4. The third-order valence-corrected chi connectivity index (χ3v) is 5.83. The molecular weight excluding hydrogens is 444 g/mol. The Bertz CT molecular complexity index is 1300. The van der Waals surface area contributed by atoms with Crippen LogP contribution >= 0.6 is 15.9 Å². The molecule has 3 N–H and O–H groups in total. The third kappa shape index (κ3) is 3.13. The lowest BCUT2D eigenvalue weighted by atomic mass is 10.1. The number of halogens is 1. The molecule has 1 aliphatic carbocycles. The molecule has 1 amide bonds. The number of nitrogen functional groups attached to an aromatic ring is 1. The predicted molar refractivity (Wildman–Crippen MR) is 119 cm³/mol. The summed E-state index contributed by atoms with van der Waals surface area (Å²) in [5.41, 5.74) is 11.8. The Morgan fingerprint density at radius 3 is 2.90 bits per heavy atom. The van der Waals surface area contributed by atoms with Crippen LogP contribution in [0.25, 0.3) is 28.2 Å². The first kappa shape index (κ1) is 18.7. The second-order valence-corrected chi connectivity index (χ2v) is 8.17. The number of carbonyl (C=O) groups excluding carboxylic acids is 1. The zero-order chi connectivity index (χ0) is 20.8. The van der Waals surface area contributed by atoms with Crippen LogP contribution < -0.4 is 11.1 Å². The first-order valence-corrected chi connectivity index (χ1v) is 10.5. The normalized spacial score (nSPS) is 15.3. The number of aryl methyl sites for hydroxylation is 1. The van der Waals surface area contributed by atoms with Gasteiger partial charge in [0.2, 0.25) is 5.91 Å². The van der Waals surface area contributed by atoms with Gasteiger partial charge in [0, 0.05) is 18.8 Å². The number of rotatable bonds is 3. The number of nitrogens with two attached hydrogens (primary N) is 1. The van der Waals surface area contributed by atoms with E-state index in [1.165, 1.54) is 5.56 Å². The summed E-state index contributed by atoms with van der Waals surface area (Å²) in [6, 6.07) is 13.9. The van der Waals surface area contributed by atoms with Crippen LogP contribution in [0.3, 0.4) is 0 Å². The summed E-state index contributed by atoms with van der Waals surface area (Å²) in [7, 11) is 0. The van der Waals surface area contributed by atoms with Crippen molar-refractivity contribution >= 4 is 38.8 Å². The quantitative estimate of drug-likeness (QED) is 0.449. The Hall–Kier alpha value is -3.26. The smallest absolute Gasteiger partial charge is 0.217 e. The monoisotopic (exact) mass is 462 g/mol. The van der Waals surface area contributed by atoms with Crippen LogP contribution in [0, 0.1) is 0 Å². The number of imidazole rings is 1. The Labute approximate surface area is 181 Å². The molecule has 0 radical (unpaired) electrons. The molecule has 4 aromatic rings. The molecule has 0 saturated carbocycles. The molecule has 1 atom stereocenters. The van der Waals surface area contributed by atoms with Crippen molar-refractivity contribution in [2.45, 2.75) is 25.8 Å². The summed E-state index contributed by atoms with van der Waals surface area (Å²) >= 11 is 3.47. The molecule has 0 fully saturated rings. The van der Waals surface area contributed by atoms with E-state index in [2.05, 4.69) is 43.3 Å². The minimum atomic E-state index is -0.0130. The van der Waals surface area contributed by atoms with Crippen LogP contribution in [-0.4, -0.2) is 25.4 Å². The lowest BCUT2D eigenvalue weighted by Gasteiger charge is -2.14. The molecule has 3 heterocycles. The molecule has 3 aromatic heterocycles. The Morgan fingerprint density at radius 2 is 2.10 bits per heavy atom. The van der Waals surface area contributed by atoms with E-state index in [1.54, 1.807) is 13.1 Å².